The molecule has 0 heterocycles. The van der Waals surface area contributed by atoms with Crippen LogP contribution in [0, 0.1) is 12.8 Å². The molecule has 1 aliphatic rings. The third-order valence-corrected chi connectivity index (χ3v) is 4.72. The number of esters is 1. The summed E-state index contributed by atoms with van der Waals surface area (Å²) in [6.07, 6.45) is 4.86. The predicted octanol–water partition coefficient (Wildman–Crippen LogP) is 4.46. The van der Waals surface area contributed by atoms with Gasteiger partial charge in [0.2, 0.25) is 5.76 Å². The molecule has 0 saturated carbocycles. The number of ether oxygens (including phenoxy) is 3. The van der Waals surface area contributed by atoms with Crippen LogP contribution in [0.15, 0.2) is 64.7 Å². The lowest BCUT2D eigenvalue weighted by Crippen LogP contribution is -2.30. The van der Waals surface area contributed by atoms with Gasteiger partial charge in [-0.25, -0.2) is 4.79 Å². The van der Waals surface area contributed by atoms with Gasteiger partial charge in [0.25, 0.3) is 0 Å². The fourth-order valence-corrected chi connectivity index (χ4v) is 3.20. The summed E-state index contributed by atoms with van der Waals surface area (Å²) < 4.78 is 15.6. The largest absolute Gasteiger partial charge is 0.500 e. The molecule has 6 heteroatoms. The molecule has 1 aromatic carbocycles. The Kier molecular flexibility index (Phi) is 8.07. The Labute approximate surface area is 172 Å². The second-order valence-electron chi connectivity index (χ2n) is 7.01. The SMILES string of the molecule is CO/C=C(\OC1C(C)=CC=C(/C(C)=N/OCc2cccc(C)c2)C1C)C(=O)OC. The van der Waals surface area contributed by atoms with Gasteiger partial charge < -0.3 is 19.0 Å². The molecule has 0 radical (unpaired) electrons. The van der Waals surface area contributed by atoms with Gasteiger partial charge in [0.1, 0.15) is 19.0 Å². The van der Waals surface area contributed by atoms with Crippen molar-refractivity contribution < 1.29 is 23.8 Å². The molecule has 29 heavy (non-hydrogen) atoms. The normalized spacial score (nSPS) is 19.8. The Morgan fingerprint density at radius 1 is 1.21 bits per heavy atom. The minimum Gasteiger partial charge on any atom is -0.500 e. The van der Waals surface area contributed by atoms with Crippen LogP contribution in [0.25, 0.3) is 0 Å². The molecule has 2 rings (SSSR count). The zero-order chi connectivity index (χ0) is 21.4. The molecule has 0 saturated heterocycles. The van der Waals surface area contributed by atoms with E-state index in [0.717, 1.165) is 22.4 Å². The standard InChI is InChI=1S/C23H29NO5/c1-15-8-7-9-19(12-15)13-28-24-18(4)20-11-10-16(2)22(17(20)3)29-21(14-26-5)23(25)27-6/h7-12,14,17,22H,13H2,1-6H3/b21-14-,24-18+. The fraction of sp³-hybridized carbons (Fsp3) is 0.391. The van der Waals surface area contributed by atoms with Crippen molar-refractivity contribution in [3.63, 3.8) is 0 Å². The van der Waals surface area contributed by atoms with E-state index < -0.39 is 5.97 Å². The lowest BCUT2D eigenvalue weighted by atomic mass is 9.84. The molecule has 0 fully saturated rings. The molecule has 1 aliphatic carbocycles. The zero-order valence-corrected chi connectivity index (χ0v) is 17.9. The molecule has 1 aromatic rings. The van der Waals surface area contributed by atoms with Crippen LogP contribution in [0.5, 0.6) is 0 Å². The van der Waals surface area contributed by atoms with E-state index in [1.54, 1.807) is 0 Å². The van der Waals surface area contributed by atoms with E-state index in [4.69, 9.17) is 19.0 Å². The molecule has 6 nitrogen and oxygen atoms in total. The van der Waals surface area contributed by atoms with E-state index in [9.17, 15) is 4.79 Å². The van der Waals surface area contributed by atoms with Gasteiger partial charge in [0, 0.05) is 5.92 Å². The summed E-state index contributed by atoms with van der Waals surface area (Å²) >= 11 is 0. The lowest BCUT2D eigenvalue weighted by Gasteiger charge is -2.30. The van der Waals surface area contributed by atoms with Crippen molar-refractivity contribution in [2.24, 2.45) is 11.1 Å². The van der Waals surface area contributed by atoms with Gasteiger partial charge in [-0.2, -0.15) is 0 Å². The van der Waals surface area contributed by atoms with E-state index in [1.807, 2.05) is 58.0 Å². The Morgan fingerprint density at radius 3 is 2.62 bits per heavy atom. The maximum atomic E-state index is 11.9. The first kappa shape index (κ1) is 22.3. The minimum atomic E-state index is -0.588. The molecule has 0 N–H and O–H groups in total. The van der Waals surface area contributed by atoms with Crippen LogP contribution in [-0.4, -0.2) is 32.0 Å². The van der Waals surface area contributed by atoms with Gasteiger partial charge in [-0.3, -0.25) is 0 Å². The number of carbonyl (C=O) groups excluding carboxylic acids is 1. The summed E-state index contributed by atoms with van der Waals surface area (Å²) in [5.74, 6) is -0.614. The fourth-order valence-electron chi connectivity index (χ4n) is 3.20. The second kappa shape index (κ2) is 10.5. The highest BCUT2D eigenvalue weighted by Crippen LogP contribution is 2.30. The quantitative estimate of drug-likeness (QED) is 0.212. The predicted molar refractivity (Wildman–Crippen MR) is 112 cm³/mol. The number of hydrogen-bond acceptors (Lipinski definition) is 6. The Hall–Kier alpha value is -3.02. The van der Waals surface area contributed by atoms with Crippen LogP contribution in [0.2, 0.25) is 0 Å². The van der Waals surface area contributed by atoms with E-state index in [2.05, 4.69) is 11.2 Å². The van der Waals surface area contributed by atoms with Gasteiger partial charge in [0.15, 0.2) is 0 Å². The summed E-state index contributed by atoms with van der Waals surface area (Å²) in [5.41, 5.74) is 4.98. The van der Waals surface area contributed by atoms with Gasteiger partial charge in [-0.05, 0) is 37.5 Å². The number of carbonyl (C=O) groups is 1. The third-order valence-electron chi connectivity index (χ3n) is 4.72. The van der Waals surface area contributed by atoms with Crippen molar-refractivity contribution in [1.82, 2.24) is 0 Å². The first-order valence-electron chi connectivity index (χ1n) is 9.46. The van der Waals surface area contributed by atoms with Crippen LogP contribution in [0.3, 0.4) is 0 Å². The van der Waals surface area contributed by atoms with E-state index in [-0.39, 0.29) is 17.8 Å². The molecular weight excluding hydrogens is 370 g/mol. The van der Waals surface area contributed by atoms with Gasteiger partial charge in [0.05, 0.1) is 19.9 Å². The number of aryl methyl sites for hydroxylation is 1. The molecule has 0 aliphatic heterocycles. The van der Waals surface area contributed by atoms with Crippen LogP contribution in [0.4, 0.5) is 0 Å². The summed E-state index contributed by atoms with van der Waals surface area (Å²) in [5, 5.41) is 4.28. The molecule has 2 unspecified atom stereocenters. The van der Waals surface area contributed by atoms with Crippen molar-refractivity contribution in [2.45, 2.75) is 40.4 Å². The zero-order valence-electron chi connectivity index (χ0n) is 17.9. The highest BCUT2D eigenvalue weighted by molar-refractivity contribution is 5.99. The lowest BCUT2D eigenvalue weighted by molar-refractivity contribution is -0.141. The smallest absolute Gasteiger partial charge is 0.376 e. The summed E-state index contributed by atoms with van der Waals surface area (Å²) in [7, 11) is 2.75. The van der Waals surface area contributed by atoms with Crippen molar-refractivity contribution in [3.8, 4) is 0 Å². The molecule has 0 amide bonds. The number of hydrogen-bond donors (Lipinski definition) is 0. The number of methoxy groups -OCH3 is 2. The summed E-state index contributed by atoms with van der Waals surface area (Å²) in [4.78, 5) is 17.5. The van der Waals surface area contributed by atoms with E-state index >= 15 is 0 Å². The second-order valence-corrected chi connectivity index (χ2v) is 7.01. The highest BCUT2D eigenvalue weighted by Gasteiger charge is 2.30. The monoisotopic (exact) mass is 399 g/mol. The Morgan fingerprint density at radius 2 is 1.97 bits per heavy atom. The number of nitrogens with zero attached hydrogens (tertiary/aromatic N) is 1. The average molecular weight is 399 g/mol. The number of oxime groups is 1. The topological polar surface area (TPSA) is 66.3 Å². The minimum absolute atomic E-state index is 0.0196. The van der Waals surface area contributed by atoms with Crippen LogP contribution < -0.4 is 0 Å². The van der Waals surface area contributed by atoms with Crippen molar-refractivity contribution in [1.29, 1.82) is 0 Å². The van der Waals surface area contributed by atoms with Crippen LogP contribution in [0.1, 0.15) is 31.9 Å². The van der Waals surface area contributed by atoms with Crippen LogP contribution in [-0.2, 0) is 30.4 Å². The molecule has 0 aromatic heterocycles. The van der Waals surface area contributed by atoms with Crippen LogP contribution >= 0.6 is 0 Å². The first-order chi connectivity index (χ1) is 13.9. The van der Waals surface area contributed by atoms with E-state index in [0.29, 0.717) is 6.61 Å². The van der Waals surface area contributed by atoms with Gasteiger partial charge >= 0.3 is 5.97 Å². The molecule has 156 valence electrons. The van der Waals surface area contributed by atoms with Crippen molar-refractivity contribution >= 4 is 11.7 Å². The van der Waals surface area contributed by atoms with Gasteiger partial charge in [-0.1, -0.05) is 54.1 Å². The van der Waals surface area contributed by atoms with E-state index in [1.165, 1.54) is 26.0 Å². The summed E-state index contributed by atoms with van der Waals surface area (Å²) in [6, 6.07) is 8.12. The molecule has 2 atom stereocenters. The Bertz CT molecular complexity index is 851. The Balaban J connectivity index is 2.10. The maximum Gasteiger partial charge on any atom is 0.376 e. The number of allylic oxidation sites excluding steroid dienone is 2. The number of benzene rings is 1. The average Bonchev–Trinajstić information content (AvgIpc) is 2.69. The van der Waals surface area contributed by atoms with Crippen molar-refractivity contribution in [2.75, 3.05) is 14.2 Å². The third kappa shape index (κ3) is 5.98. The highest BCUT2D eigenvalue weighted by atomic mass is 16.6. The molecule has 0 spiro atoms. The summed E-state index contributed by atoms with van der Waals surface area (Å²) in [6.45, 7) is 8.32. The maximum absolute atomic E-state index is 11.9. The molecule has 0 bridgehead atoms. The van der Waals surface area contributed by atoms with Crippen molar-refractivity contribution in [3.05, 3.63) is 70.7 Å². The molecular formula is C23H29NO5. The first-order valence-corrected chi connectivity index (χ1v) is 9.46. The number of rotatable bonds is 8. The van der Waals surface area contributed by atoms with Gasteiger partial charge in [-0.15, -0.1) is 0 Å².